The van der Waals surface area contributed by atoms with Crippen LogP contribution in [-0.2, 0) is 0 Å². The first-order valence-corrected chi connectivity index (χ1v) is 7.52. The van der Waals surface area contributed by atoms with Gasteiger partial charge in [0.05, 0.1) is 12.1 Å². The molecule has 100 valence electrons. The van der Waals surface area contributed by atoms with Crippen molar-refractivity contribution in [3.05, 3.63) is 35.4 Å². The minimum absolute atomic E-state index is 0.0504. The molecule has 0 bridgehead atoms. The van der Waals surface area contributed by atoms with E-state index in [0.717, 1.165) is 23.5 Å². The van der Waals surface area contributed by atoms with Crippen molar-refractivity contribution in [1.82, 2.24) is 4.90 Å². The summed E-state index contributed by atoms with van der Waals surface area (Å²) in [5.74, 6) is 8.00. The van der Waals surface area contributed by atoms with Crippen molar-refractivity contribution in [2.75, 3.05) is 25.1 Å². The van der Waals surface area contributed by atoms with Crippen LogP contribution in [0, 0.1) is 11.8 Å². The maximum Gasteiger partial charge on any atom is 0.255 e. The number of carbonyl (C=O) groups excluding carboxylic acids is 1. The molecule has 19 heavy (non-hydrogen) atoms. The first-order chi connectivity index (χ1) is 9.24. The molecule has 0 radical (unpaired) electrons. The summed E-state index contributed by atoms with van der Waals surface area (Å²) >= 11 is 1.90. The third kappa shape index (κ3) is 3.31. The predicted octanol–water partition coefficient (Wildman–Crippen LogP) is 1.57. The Labute approximate surface area is 118 Å². The molecule has 1 heterocycles. The van der Waals surface area contributed by atoms with Crippen molar-refractivity contribution in [1.29, 1.82) is 0 Å². The number of hydrogen-bond donors (Lipinski definition) is 1. The Morgan fingerprint density at radius 2 is 2.32 bits per heavy atom. The number of hydrogen-bond acceptors (Lipinski definition) is 3. The molecule has 4 heteroatoms. The average Bonchev–Trinajstić information content (AvgIpc) is 2.98. The van der Waals surface area contributed by atoms with Crippen LogP contribution in [0.25, 0.3) is 0 Å². The molecule has 2 rings (SSSR count). The molecular formula is C15H18N2OS. The Morgan fingerprint density at radius 3 is 3.00 bits per heavy atom. The molecule has 0 aliphatic carbocycles. The lowest BCUT2D eigenvalue weighted by Gasteiger charge is -2.24. The summed E-state index contributed by atoms with van der Waals surface area (Å²) in [6.45, 7) is 0.303. The molecule has 0 saturated carbocycles. The van der Waals surface area contributed by atoms with Gasteiger partial charge in [0.25, 0.3) is 5.91 Å². The van der Waals surface area contributed by atoms with Crippen molar-refractivity contribution < 1.29 is 4.79 Å². The standard InChI is InChI=1S/C15H18N2OS/c1-17(13-8-10-19-11-13)15(18)14-7-3-2-5-12(14)6-4-9-16/h2-3,5,7,13H,8-11,16H2,1H3. The number of thioether (sulfide) groups is 1. The summed E-state index contributed by atoms with van der Waals surface area (Å²) in [6, 6.07) is 7.81. The summed E-state index contributed by atoms with van der Waals surface area (Å²) in [6.07, 6.45) is 1.07. The Hall–Kier alpha value is -1.44. The first-order valence-electron chi connectivity index (χ1n) is 6.37. The monoisotopic (exact) mass is 274 g/mol. The maximum absolute atomic E-state index is 12.5. The van der Waals surface area contributed by atoms with Crippen molar-refractivity contribution in [3.8, 4) is 11.8 Å². The van der Waals surface area contributed by atoms with Crippen LogP contribution in [0.5, 0.6) is 0 Å². The van der Waals surface area contributed by atoms with Gasteiger partial charge < -0.3 is 10.6 Å². The lowest BCUT2D eigenvalue weighted by Crippen LogP contribution is -2.37. The van der Waals surface area contributed by atoms with Gasteiger partial charge in [-0.1, -0.05) is 24.0 Å². The molecule has 3 nitrogen and oxygen atoms in total. The summed E-state index contributed by atoms with van der Waals surface area (Å²) in [5.41, 5.74) is 6.82. The summed E-state index contributed by atoms with van der Waals surface area (Å²) < 4.78 is 0. The molecule has 1 aliphatic rings. The minimum Gasteiger partial charge on any atom is -0.338 e. The zero-order valence-corrected chi connectivity index (χ0v) is 11.9. The van der Waals surface area contributed by atoms with E-state index < -0.39 is 0 Å². The molecule has 1 aromatic rings. The molecule has 1 fully saturated rings. The zero-order valence-electron chi connectivity index (χ0n) is 11.1. The SMILES string of the molecule is CN(C(=O)c1ccccc1C#CCN)C1CCSC1. The van der Waals surface area contributed by atoms with E-state index in [9.17, 15) is 4.79 Å². The minimum atomic E-state index is 0.0504. The van der Waals surface area contributed by atoms with Crippen LogP contribution in [-0.4, -0.2) is 41.9 Å². The second kappa shape index (κ2) is 6.65. The molecule has 1 amide bonds. The summed E-state index contributed by atoms with van der Waals surface area (Å²) in [4.78, 5) is 14.4. The second-order valence-corrected chi connectivity index (χ2v) is 5.63. The van der Waals surface area contributed by atoms with Gasteiger partial charge in [-0.25, -0.2) is 0 Å². The predicted molar refractivity (Wildman–Crippen MR) is 80.2 cm³/mol. The van der Waals surface area contributed by atoms with Crippen molar-refractivity contribution in [2.24, 2.45) is 5.73 Å². The fraction of sp³-hybridized carbons (Fsp3) is 0.400. The number of rotatable bonds is 2. The number of carbonyl (C=O) groups is 1. The van der Waals surface area contributed by atoms with E-state index in [2.05, 4.69) is 11.8 Å². The number of nitrogens with two attached hydrogens (primary N) is 1. The van der Waals surface area contributed by atoms with Crippen molar-refractivity contribution >= 4 is 17.7 Å². The van der Waals surface area contributed by atoms with Crippen LogP contribution in [0.15, 0.2) is 24.3 Å². The largest absolute Gasteiger partial charge is 0.338 e. The van der Waals surface area contributed by atoms with E-state index in [1.807, 2.05) is 48.0 Å². The van der Waals surface area contributed by atoms with Gasteiger partial charge in [0.15, 0.2) is 0 Å². The number of amides is 1. The van der Waals surface area contributed by atoms with Crippen LogP contribution in [0.3, 0.4) is 0 Å². The molecule has 1 unspecified atom stereocenters. The van der Waals surface area contributed by atoms with Gasteiger partial charge in [-0.05, 0) is 24.3 Å². The van der Waals surface area contributed by atoms with E-state index in [1.165, 1.54) is 0 Å². The fourth-order valence-electron chi connectivity index (χ4n) is 2.11. The normalized spacial score (nSPS) is 17.7. The Morgan fingerprint density at radius 1 is 1.53 bits per heavy atom. The summed E-state index contributed by atoms with van der Waals surface area (Å²) in [7, 11) is 1.88. The fourth-order valence-corrected chi connectivity index (χ4v) is 3.38. The van der Waals surface area contributed by atoms with Crippen LogP contribution in [0.4, 0.5) is 0 Å². The first kappa shape index (κ1) is 14.0. The van der Waals surface area contributed by atoms with Crippen LogP contribution in [0.1, 0.15) is 22.3 Å². The van der Waals surface area contributed by atoms with Crippen LogP contribution >= 0.6 is 11.8 Å². The van der Waals surface area contributed by atoms with Crippen LogP contribution < -0.4 is 5.73 Å². The quantitative estimate of drug-likeness (QED) is 0.833. The molecular weight excluding hydrogens is 256 g/mol. The molecule has 1 aromatic carbocycles. The Balaban J connectivity index is 2.22. The Kier molecular flexibility index (Phi) is 4.89. The van der Waals surface area contributed by atoms with Gasteiger partial charge in [-0.2, -0.15) is 11.8 Å². The van der Waals surface area contributed by atoms with Gasteiger partial charge in [0, 0.05) is 24.4 Å². The highest BCUT2D eigenvalue weighted by molar-refractivity contribution is 7.99. The number of benzene rings is 1. The van der Waals surface area contributed by atoms with E-state index in [0.29, 0.717) is 18.2 Å². The number of nitrogens with zero attached hydrogens (tertiary/aromatic N) is 1. The topological polar surface area (TPSA) is 46.3 Å². The van der Waals surface area contributed by atoms with Gasteiger partial charge in [0.1, 0.15) is 0 Å². The average molecular weight is 274 g/mol. The van der Waals surface area contributed by atoms with E-state index in [4.69, 9.17) is 5.73 Å². The molecule has 1 aliphatic heterocycles. The molecule has 1 atom stereocenters. The van der Waals surface area contributed by atoms with Gasteiger partial charge in [-0.15, -0.1) is 0 Å². The van der Waals surface area contributed by atoms with E-state index in [-0.39, 0.29) is 5.91 Å². The van der Waals surface area contributed by atoms with Gasteiger partial charge in [-0.3, -0.25) is 4.79 Å². The van der Waals surface area contributed by atoms with E-state index in [1.54, 1.807) is 0 Å². The third-order valence-electron chi connectivity index (χ3n) is 3.26. The van der Waals surface area contributed by atoms with Crippen LogP contribution in [0.2, 0.25) is 0 Å². The second-order valence-electron chi connectivity index (χ2n) is 4.48. The van der Waals surface area contributed by atoms with E-state index >= 15 is 0 Å². The third-order valence-corrected chi connectivity index (χ3v) is 4.40. The molecule has 2 N–H and O–H groups in total. The van der Waals surface area contributed by atoms with Gasteiger partial charge in [0.2, 0.25) is 0 Å². The molecule has 0 aromatic heterocycles. The highest BCUT2D eigenvalue weighted by Gasteiger charge is 2.25. The molecule has 0 spiro atoms. The van der Waals surface area contributed by atoms with Gasteiger partial charge >= 0.3 is 0 Å². The zero-order chi connectivity index (χ0) is 13.7. The highest BCUT2D eigenvalue weighted by atomic mass is 32.2. The van der Waals surface area contributed by atoms with Crippen molar-refractivity contribution in [3.63, 3.8) is 0 Å². The summed E-state index contributed by atoms with van der Waals surface area (Å²) in [5, 5.41) is 0. The lowest BCUT2D eigenvalue weighted by atomic mass is 10.1. The lowest BCUT2D eigenvalue weighted by molar-refractivity contribution is 0.0747. The van der Waals surface area contributed by atoms with Crippen molar-refractivity contribution in [2.45, 2.75) is 12.5 Å². The highest BCUT2D eigenvalue weighted by Crippen LogP contribution is 2.23. The molecule has 1 saturated heterocycles. The Bertz CT molecular complexity index is 512. The maximum atomic E-state index is 12.5. The smallest absolute Gasteiger partial charge is 0.255 e.